The largest absolute Gasteiger partial charge is 0.481 e. The molecule has 1 rings (SSSR count). The van der Waals surface area contributed by atoms with Gasteiger partial charge in [0.2, 0.25) is 0 Å². The van der Waals surface area contributed by atoms with Crippen molar-refractivity contribution in [2.24, 2.45) is 0 Å². The van der Waals surface area contributed by atoms with Crippen LogP contribution >= 0.6 is 0 Å². The molecule has 0 bridgehead atoms. The molecule has 3 N–H and O–H groups in total. The van der Waals surface area contributed by atoms with E-state index in [1.54, 1.807) is 12.1 Å². The van der Waals surface area contributed by atoms with Gasteiger partial charge in [0.15, 0.2) is 0 Å². The summed E-state index contributed by atoms with van der Waals surface area (Å²) < 4.78 is 0. The van der Waals surface area contributed by atoms with E-state index < -0.39 is 24.0 Å². The smallest absolute Gasteiger partial charge is 0.326 e. The average molecular weight is 294 g/mol. The standard InChI is InChI=1S/C14H18N2O5/c1-9-5-3-4-6-11(9)16(2)14(21)15-10(13(19)20)7-8-12(17)18/h3-6,10H,7-8H2,1-2H3,(H,15,21)(H,17,18)(H,19,20)/t10-/m0/s1. The highest BCUT2D eigenvalue weighted by Gasteiger charge is 2.23. The van der Waals surface area contributed by atoms with Crippen molar-refractivity contribution in [2.75, 3.05) is 11.9 Å². The summed E-state index contributed by atoms with van der Waals surface area (Å²) in [4.78, 5) is 34.9. The van der Waals surface area contributed by atoms with Crippen molar-refractivity contribution in [1.29, 1.82) is 0 Å². The van der Waals surface area contributed by atoms with Crippen molar-refractivity contribution in [2.45, 2.75) is 25.8 Å². The number of para-hydroxylation sites is 1. The Balaban J connectivity index is 2.75. The summed E-state index contributed by atoms with van der Waals surface area (Å²) >= 11 is 0. The number of urea groups is 1. The third-order valence-corrected chi connectivity index (χ3v) is 3.02. The van der Waals surface area contributed by atoms with E-state index in [9.17, 15) is 14.4 Å². The Morgan fingerprint density at radius 2 is 1.86 bits per heavy atom. The summed E-state index contributed by atoms with van der Waals surface area (Å²) in [6.45, 7) is 1.83. The summed E-state index contributed by atoms with van der Waals surface area (Å²) in [7, 11) is 1.52. The molecule has 0 aliphatic heterocycles. The Hall–Kier alpha value is -2.57. The number of benzene rings is 1. The molecule has 0 saturated carbocycles. The number of anilines is 1. The minimum Gasteiger partial charge on any atom is -0.481 e. The molecular weight excluding hydrogens is 276 g/mol. The maximum absolute atomic E-state index is 12.1. The van der Waals surface area contributed by atoms with E-state index in [4.69, 9.17) is 10.2 Å². The monoisotopic (exact) mass is 294 g/mol. The lowest BCUT2D eigenvalue weighted by Crippen LogP contribution is -2.47. The van der Waals surface area contributed by atoms with Crippen LogP contribution < -0.4 is 10.2 Å². The van der Waals surface area contributed by atoms with Gasteiger partial charge in [-0.15, -0.1) is 0 Å². The summed E-state index contributed by atoms with van der Waals surface area (Å²) in [5, 5.41) is 19.9. The second-order valence-electron chi connectivity index (χ2n) is 4.62. The zero-order valence-electron chi connectivity index (χ0n) is 11.9. The second kappa shape index (κ2) is 7.28. The SMILES string of the molecule is Cc1ccccc1N(C)C(=O)N[C@@H](CCC(=O)O)C(=O)O. The number of carbonyl (C=O) groups is 3. The van der Waals surface area contributed by atoms with Gasteiger partial charge in [0, 0.05) is 19.2 Å². The average Bonchev–Trinajstić information content (AvgIpc) is 2.42. The first-order valence-electron chi connectivity index (χ1n) is 6.37. The molecule has 114 valence electrons. The van der Waals surface area contributed by atoms with Crippen LogP contribution in [0.15, 0.2) is 24.3 Å². The number of aryl methyl sites for hydroxylation is 1. The number of aliphatic carboxylic acids is 2. The first-order valence-corrected chi connectivity index (χ1v) is 6.37. The molecule has 0 aromatic heterocycles. The van der Waals surface area contributed by atoms with Gasteiger partial charge < -0.3 is 15.5 Å². The lowest BCUT2D eigenvalue weighted by atomic mass is 10.1. The van der Waals surface area contributed by atoms with Crippen LogP contribution in [0.3, 0.4) is 0 Å². The van der Waals surface area contributed by atoms with Gasteiger partial charge in [-0.2, -0.15) is 0 Å². The Bertz CT molecular complexity index is 544. The number of hydrogen-bond acceptors (Lipinski definition) is 3. The Labute approximate surface area is 122 Å². The lowest BCUT2D eigenvalue weighted by molar-refractivity contribution is -0.140. The molecule has 0 unspecified atom stereocenters. The van der Waals surface area contributed by atoms with E-state index in [2.05, 4.69) is 5.32 Å². The summed E-state index contributed by atoms with van der Waals surface area (Å²) in [5.41, 5.74) is 1.52. The van der Waals surface area contributed by atoms with Crippen molar-refractivity contribution in [1.82, 2.24) is 5.32 Å². The fourth-order valence-electron chi connectivity index (χ4n) is 1.82. The molecule has 2 amide bonds. The Morgan fingerprint density at radius 1 is 1.24 bits per heavy atom. The fraction of sp³-hybridized carbons (Fsp3) is 0.357. The number of hydrogen-bond donors (Lipinski definition) is 3. The van der Waals surface area contributed by atoms with E-state index in [0.29, 0.717) is 5.69 Å². The van der Waals surface area contributed by atoms with E-state index in [0.717, 1.165) is 5.56 Å². The third kappa shape index (κ3) is 4.79. The molecule has 0 spiro atoms. The van der Waals surface area contributed by atoms with Gasteiger partial charge in [0.05, 0.1) is 0 Å². The van der Waals surface area contributed by atoms with Crippen LogP contribution in [-0.4, -0.2) is 41.3 Å². The van der Waals surface area contributed by atoms with E-state index in [1.165, 1.54) is 11.9 Å². The normalized spacial score (nSPS) is 11.5. The maximum Gasteiger partial charge on any atom is 0.326 e. The van der Waals surface area contributed by atoms with Gasteiger partial charge >= 0.3 is 18.0 Å². The van der Waals surface area contributed by atoms with Gasteiger partial charge in [-0.25, -0.2) is 9.59 Å². The topological polar surface area (TPSA) is 107 Å². The number of nitrogens with one attached hydrogen (secondary N) is 1. The molecule has 7 heteroatoms. The molecule has 7 nitrogen and oxygen atoms in total. The predicted octanol–water partition coefficient (Wildman–Crippen LogP) is 1.46. The number of amides is 2. The van der Waals surface area contributed by atoms with Gasteiger partial charge in [0.25, 0.3) is 0 Å². The highest BCUT2D eigenvalue weighted by Crippen LogP contribution is 2.17. The number of carboxylic acid groups (broad SMARTS) is 2. The summed E-state index contributed by atoms with van der Waals surface area (Å²) in [6.07, 6.45) is -0.497. The van der Waals surface area contributed by atoms with Crippen LogP contribution in [0.4, 0.5) is 10.5 Å². The van der Waals surface area contributed by atoms with Crippen molar-refractivity contribution in [3.05, 3.63) is 29.8 Å². The zero-order chi connectivity index (χ0) is 16.0. The summed E-state index contributed by atoms with van der Waals surface area (Å²) in [6, 6.07) is 5.34. The fourth-order valence-corrected chi connectivity index (χ4v) is 1.82. The van der Waals surface area contributed by atoms with E-state index in [-0.39, 0.29) is 12.8 Å². The molecule has 1 atom stereocenters. The third-order valence-electron chi connectivity index (χ3n) is 3.02. The van der Waals surface area contributed by atoms with Crippen LogP contribution in [-0.2, 0) is 9.59 Å². The van der Waals surface area contributed by atoms with Gasteiger partial charge in [-0.1, -0.05) is 18.2 Å². The molecule has 0 aliphatic rings. The molecule has 0 fully saturated rings. The minimum atomic E-state index is -1.26. The Kier molecular flexibility index (Phi) is 5.71. The molecular formula is C14H18N2O5. The molecule has 21 heavy (non-hydrogen) atoms. The molecule has 0 heterocycles. The van der Waals surface area contributed by atoms with Crippen molar-refractivity contribution >= 4 is 23.7 Å². The molecule has 1 aromatic carbocycles. The Morgan fingerprint density at radius 3 is 2.38 bits per heavy atom. The number of carbonyl (C=O) groups excluding carboxylic acids is 1. The first kappa shape index (κ1) is 16.5. The van der Waals surface area contributed by atoms with Crippen molar-refractivity contribution in [3.8, 4) is 0 Å². The first-order chi connectivity index (χ1) is 9.82. The molecule has 0 aliphatic carbocycles. The van der Waals surface area contributed by atoms with Crippen molar-refractivity contribution < 1.29 is 24.6 Å². The number of carboxylic acids is 2. The van der Waals surface area contributed by atoms with Crippen LogP contribution in [0.2, 0.25) is 0 Å². The number of nitrogens with zero attached hydrogens (tertiary/aromatic N) is 1. The minimum absolute atomic E-state index is 0.169. The maximum atomic E-state index is 12.1. The zero-order valence-corrected chi connectivity index (χ0v) is 11.9. The van der Waals surface area contributed by atoms with E-state index >= 15 is 0 Å². The van der Waals surface area contributed by atoms with Gasteiger partial charge in [-0.05, 0) is 25.0 Å². The van der Waals surface area contributed by atoms with Gasteiger partial charge in [-0.3, -0.25) is 9.69 Å². The van der Waals surface area contributed by atoms with Gasteiger partial charge in [0.1, 0.15) is 6.04 Å². The summed E-state index contributed by atoms with van der Waals surface area (Å²) in [5.74, 6) is -2.37. The highest BCUT2D eigenvalue weighted by molar-refractivity contribution is 5.94. The molecule has 1 aromatic rings. The van der Waals surface area contributed by atoms with E-state index in [1.807, 2.05) is 19.1 Å². The quantitative estimate of drug-likeness (QED) is 0.736. The lowest BCUT2D eigenvalue weighted by Gasteiger charge is -2.22. The van der Waals surface area contributed by atoms with Crippen molar-refractivity contribution in [3.63, 3.8) is 0 Å². The highest BCUT2D eigenvalue weighted by atomic mass is 16.4. The number of rotatable bonds is 6. The van der Waals surface area contributed by atoms with Crippen LogP contribution in [0.1, 0.15) is 18.4 Å². The molecule has 0 saturated heterocycles. The molecule has 0 radical (unpaired) electrons. The van der Waals surface area contributed by atoms with Crippen LogP contribution in [0.5, 0.6) is 0 Å². The predicted molar refractivity (Wildman–Crippen MR) is 76.4 cm³/mol. The second-order valence-corrected chi connectivity index (χ2v) is 4.62. The van der Waals surface area contributed by atoms with Crippen LogP contribution in [0.25, 0.3) is 0 Å². The van der Waals surface area contributed by atoms with Crippen LogP contribution in [0, 0.1) is 6.92 Å².